The van der Waals surface area contributed by atoms with Crippen LogP contribution in [0.4, 0.5) is 16.3 Å². The molecule has 2 N–H and O–H groups in total. The minimum absolute atomic E-state index is 0.249. The van der Waals surface area contributed by atoms with Gasteiger partial charge in [0.25, 0.3) is 0 Å². The van der Waals surface area contributed by atoms with Gasteiger partial charge in [0.1, 0.15) is 11.4 Å². The van der Waals surface area contributed by atoms with Gasteiger partial charge in [0.2, 0.25) is 5.69 Å². The van der Waals surface area contributed by atoms with E-state index in [2.05, 4.69) is 20.4 Å². The largest absolute Gasteiger partial charge is 0.444 e. The molecule has 0 aliphatic heterocycles. The van der Waals surface area contributed by atoms with Gasteiger partial charge in [0, 0.05) is 0 Å². The van der Waals surface area contributed by atoms with Gasteiger partial charge in [0.05, 0.1) is 12.8 Å². The van der Waals surface area contributed by atoms with Crippen molar-refractivity contribution in [3.63, 3.8) is 0 Å². The average molecular weight is 208 g/mol. The average Bonchev–Trinajstić information content (AvgIpc) is 2.48. The molecule has 0 aromatic carbocycles. The lowest BCUT2D eigenvalue weighted by Gasteiger charge is -2.19. The summed E-state index contributed by atoms with van der Waals surface area (Å²) in [6.45, 7) is 12.1. The van der Waals surface area contributed by atoms with Crippen LogP contribution in [-0.4, -0.2) is 21.9 Å². The van der Waals surface area contributed by atoms with E-state index >= 15 is 0 Å². The second kappa shape index (κ2) is 4.00. The van der Waals surface area contributed by atoms with Gasteiger partial charge >= 0.3 is 6.09 Å². The Morgan fingerprint density at radius 3 is 2.87 bits per heavy atom. The number of aromatic amines is 1. The van der Waals surface area contributed by atoms with Gasteiger partial charge < -0.3 is 4.74 Å². The SMILES string of the molecule is [C-]#[N+]c1cn[nH]c1NC(=O)OC(C)(C)C. The fourth-order valence-electron chi connectivity index (χ4n) is 0.862. The number of nitrogens with one attached hydrogen (secondary N) is 2. The molecule has 1 aromatic heterocycles. The lowest BCUT2D eigenvalue weighted by atomic mass is 10.2. The molecule has 80 valence electrons. The number of carbonyl (C=O) groups is 1. The summed E-state index contributed by atoms with van der Waals surface area (Å²) in [5.41, 5.74) is -0.316. The summed E-state index contributed by atoms with van der Waals surface area (Å²) in [5, 5.41) is 8.54. The summed E-state index contributed by atoms with van der Waals surface area (Å²) < 4.78 is 5.01. The van der Waals surface area contributed by atoms with E-state index in [0.29, 0.717) is 0 Å². The summed E-state index contributed by atoms with van der Waals surface area (Å²) in [4.78, 5) is 14.5. The molecule has 0 saturated carbocycles. The zero-order chi connectivity index (χ0) is 11.5. The van der Waals surface area contributed by atoms with Gasteiger partial charge in [-0.2, -0.15) is 5.10 Å². The fourth-order valence-corrected chi connectivity index (χ4v) is 0.862. The third-order valence-electron chi connectivity index (χ3n) is 1.37. The quantitative estimate of drug-likeness (QED) is 0.695. The van der Waals surface area contributed by atoms with Gasteiger partial charge in [-0.05, 0) is 20.8 Å². The number of hydrogen-bond acceptors (Lipinski definition) is 3. The lowest BCUT2D eigenvalue weighted by molar-refractivity contribution is 0.0635. The molecule has 0 aliphatic carbocycles. The molecule has 0 bridgehead atoms. The Kier molecular flexibility index (Phi) is 2.95. The van der Waals surface area contributed by atoms with Gasteiger partial charge in [-0.25, -0.2) is 9.64 Å². The van der Waals surface area contributed by atoms with Crippen molar-refractivity contribution in [1.82, 2.24) is 10.2 Å². The van der Waals surface area contributed by atoms with Crippen molar-refractivity contribution in [2.75, 3.05) is 5.32 Å². The summed E-state index contributed by atoms with van der Waals surface area (Å²) in [7, 11) is 0. The molecule has 0 atom stereocenters. The molecule has 0 unspecified atom stereocenters. The van der Waals surface area contributed by atoms with Crippen molar-refractivity contribution in [2.24, 2.45) is 0 Å². The van der Waals surface area contributed by atoms with E-state index in [-0.39, 0.29) is 11.5 Å². The highest BCUT2D eigenvalue weighted by molar-refractivity contribution is 5.87. The Morgan fingerprint density at radius 2 is 2.33 bits per heavy atom. The van der Waals surface area contributed by atoms with Crippen LogP contribution in [0.3, 0.4) is 0 Å². The molecule has 0 fully saturated rings. The molecular weight excluding hydrogens is 196 g/mol. The van der Waals surface area contributed by atoms with Crippen LogP contribution in [0.1, 0.15) is 20.8 Å². The molecule has 15 heavy (non-hydrogen) atoms. The van der Waals surface area contributed by atoms with Crippen molar-refractivity contribution >= 4 is 17.6 Å². The zero-order valence-electron chi connectivity index (χ0n) is 8.79. The molecule has 1 rings (SSSR count). The first-order valence-corrected chi connectivity index (χ1v) is 4.33. The van der Waals surface area contributed by atoms with Crippen molar-refractivity contribution in [2.45, 2.75) is 26.4 Å². The van der Waals surface area contributed by atoms with E-state index in [9.17, 15) is 4.79 Å². The van der Waals surface area contributed by atoms with Gasteiger partial charge in [-0.15, -0.1) is 0 Å². The summed E-state index contributed by atoms with van der Waals surface area (Å²) >= 11 is 0. The van der Waals surface area contributed by atoms with E-state index in [1.54, 1.807) is 20.8 Å². The monoisotopic (exact) mass is 208 g/mol. The van der Waals surface area contributed by atoms with Crippen LogP contribution in [0.25, 0.3) is 4.85 Å². The highest BCUT2D eigenvalue weighted by atomic mass is 16.6. The molecule has 0 spiro atoms. The summed E-state index contributed by atoms with van der Waals surface area (Å²) in [6, 6.07) is 0. The van der Waals surface area contributed by atoms with E-state index in [0.717, 1.165) is 0 Å². The van der Waals surface area contributed by atoms with Crippen molar-refractivity contribution in [3.8, 4) is 0 Å². The molecular formula is C9H12N4O2. The number of amides is 1. The number of rotatable bonds is 1. The molecule has 0 aliphatic rings. The highest BCUT2D eigenvalue weighted by Gasteiger charge is 2.17. The van der Waals surface area contributed by atoms with Crippen LogP contribution in [0.15, 0.2) is 6.20 Å². The third-order valence-corrected chi connectivity index (χ3v) is 1.37. The van der Waals surface area contributed by atoms with E-state index < -0.39 is 11.7 Å². The number of nitrogens with zero attached hydrogens (tertiary/aromatic N) is 2. The predicted octanol–water partition coefficient (Wildman–Crippen LogP) is 2.31. The topological polar surface area (TPSA) is 71.4 Å². The molecule has 0 radical (unpaired) electrons. The molecule has 6 heteroatoms. The summed E-state index contributed by atoms with van der Waals surface area (Å²) in [6.07, 6.45) is 0.719. The Hall–Kier alpha value is -2.03. The number of anilines is 1. The van der Waals surface area contributed by atoms with Crippen molar-refractivity contribution in [3.05, 3.63) is 17.6 Å². The second-order valence-corrected chi connectivity index (χ2v) is 3.87. The van der Waals surface area contributed by atoms with Crippen molar-refractivity contribution < 1.29 is 9.53 Å². The zero-order valence-corrected chi connectivity index (χ0v) is 8.79. The van der Waals surface area contributed by atoms with Crippen LogP contribution in [-0.2, 0) is 4.74 Å². The molecule has 0 saturated heterocycles. The van der Waals surface area contributed by atoms with Crippen LogP contribution >= 0.6 is 0 Å². The van der Waals surface area contributed by atoms with Gasteiger partial charge in [-0.1, -0.05) is 0 Å². The molecule has 1 aromatic rings. The third kappa shape index (κ3) is 3.31. The van der Waals surface area contributed by atoms with Crippen LogP contribution in [0.2, 0.25) is 0 Å². The minimum Gasteiger partial charge on any atom is -0.444 e. The number of ether oxygens (including phenoxy) is 1. The van der Waals surface area contributed by atoms with Gasteiger partial charge in [0.15, 0.2) is 0 Å². The predicted molar refractivity (Wildman–Crippen MR) is 54.7 cm³/mol. The fraction of sp³-hybridized carbons (Fsp3) is 0.444. The van der Waals surface area contributed by atoms with E-state index in [1.165, 1.54) is 6.20 Å². The number of H-pyrrole nitrogens is 1. The maximum Gasteiger partial charge on any atom is 0.412 e. The number of carbonyl (C=O) groups excluding carboxylic acids is 1. The normalized spacial score (nSPS) is 10.5. The Balaban J connectivity index is 2.64. The minimum atomic E-state index is -0.614. The molecule has 6 nitrogen and oxygen atoms in total. The highest BCUT2D eigenvalue weighted by Crippen LogP contribution is 2.21. The van der Waals surface area contributed by atoms with Gasteiger partial charge in [-0.3, -0.25) is 10.4 Å². The van der Waals surface area contributed by atoms with Crippen LogP contribution < -0.4 is 5.32 Å². The maximum atomic E-state index is 11.3. The first kappa shape index (κ1) is 11.0. The first-order valence-electron chi connectivity index (χ1n) is 4.33. The van der Waals surface area contributed by atoms with E-state index in [1.807, 2.05) is 0 Å². The Labute approximate surface area is 87.4 Å². The van der Waals surface area contributed by atoms with Crippen LogP contribution in [0.5, 0.6) is 0 Å². The Bertz CT molecular complexity index is 397. The van der Waals surface area contributed by atoms with Crippen molar-refractivity contribution in [1.29, 1.82) is 0 Å². The maximum absolute atomic E-state index is 11.3. The molecule has 1 amide bonds. The first-order chi connectivity index (χ1) is 6.92. The standard InChI is InChI=1S/C9H12N4O2/c1-9(2,3)15-8(14)12-7-6(10-4)5-11-13-7/h5H,1-3H3,(H2,11,12,13,14). The second-order valence-electron chi connectivity index (χ2n) is 3.87. The van der Waals surface area contributed by atoms with E-state index in [4.69, 9.17) is 11.3 Å². The Morgan fingerprint density at radius 1 is 1.67 bits per heavy atom. The number of aromatic nitrogens is 2. The molecule has 1 heterocycles. The number of hydrogen-bond donors (Lipinski definition) is 2. The summed E-state index contributed by atoms with van der Waals surface area (Å²) in [5.74, 6) is 0.249. The smallest absolute Gasteiger partial charge is 0.412 e. The lowest BCUT2D eigenvalue weighted by Crippen LogP contribution is -2.27. The van der Waals surface area contributed by atoms with Crippen LogP contribution in [0, 0.1) is 6.57 Å².